The molecule has 0 aromatic rings. The Labute approximate surface area is 106 Å². The number of nitrogens with one attached hydrogen (secondary N) is 1. The van der Waals surface area contributed by atoms with Crippen LogP contribution in [0.4, 0.5) is 0 Å². The normalized spacial score (nSPS) is 27.4. The minimum atomic E-state index is 0.368. The topological polar surface area (TPSA) is 24.5 Å². The van der Waals surface area contributed by atoms with Gasteiger partial charge < -0.3 is 10.1 Å². The van der Waals surface area contributed by atoms with E-state index in [0.717, 1.165) is 32.3 Å². The summed E-state index contributed by atoms with van der Waals surface area (Å²) in [4.78, 5) is 2.62. The van der Waals surface area contributed by atoms with Gasteiger partial charge in [0.1, 0.15) is 0 Å². The Balaban J connectivity index is 1.79. The van der Waals surface area contributed by atoms with Crippen LogP contribution in [0.2, 0.25) is 0 Å². The molecule has 0 aromatic heterocycles. The SMILES string of the molecule is CCC1COCCN1CC(C)(C)CNC1CC1. The van der Waals surface area contributed by atoms with E-state index in [1.54, 1.807) is 0 Å². The van der Waals surface area contributed by atoms with Gasteiger partial charge in [0.2, 0.25) is 0 Å². The first-order valence-electron chi connectivity index (χ1n) is 7.16. The number of ether oxygens (including phenoxy) is 1. The molecule has 100 valence electrons. The molecule has 2 fully saturated rings. The average molecular weight is 240 g/mol. The fourth-order valence-electron chi connectivity index (χ4n) is 2.59. The van der Waals surface area contributed by atoms with Crippen LogP contribution in [-0.4, -0.2) is 49.8 Å². The van der Waals surface area contributed by atoms with Gasteiger partial charge in [-0.15, -0.1) is 0 Å². The summed E-state index contributed by atoms with van der Waals surface area (Å²) in [6.07, 6.45) is 3.96. The molecular formula is C14H28N2O. The zero-order valence-corrected chi connectivity index (χ0v) is 11.7. The first-order chi connectivity index (χ1) is 8.11. The van der Waals surface area contributed by atoms with Crippen LogP contribution in [-0.2, 0) is 4.74 Å². The van der Waals surface area contributed by atoms with Gasteiger partial charge in [-0.3, -0.25) is 4.90 Å². The van der Waals surface area contributed by atoms with Gasteiger partial charge in [0.25, 0.3) is 0 Å². The molecule has 1 saturated carbocycles. The Hall–Kier alpha value is -0.120. The van der Waals surface area contributed by atoms with Crippen molar-refractivity contribution in [3.05, 3.63) is 0 Å². The highest BCUT2D eigenvalue weighted by Gasteiger charge is 2.30. The summed E-state index contributed by atoms with van der Waals surface area (Å²) in [6.45, 7) is 12.3. The summed E-state index contributed by atoms with van der Waals surface area (Å²) in [5.74, 6) is 0. The van der Waals surface area contributed by atoms with Gasteiger partial charge in [-0.2, -0.15) is 0 Å². The molecule has 0 spiro atoms. The quantitative estimate of drug-likeness (QED) is 0.767. The summed E-state index contributed by atoms with van der Waals surface area (Å²) >= 11 is 0. The van der Waals surface area contributed by atoms with Crippen molar-refractivity contribution in [1.29, 1.82) is 0 Å². The van der Waals surface area contributed by atoms with Crippen LogP contribution < -0.4 is 5.32 Å². The van der Waals surface area contributed by atoms with Crippen LogP contribution in [0, 0.1) is 5.41 Å². The predicted octanol–water partition coefficient (Wildman–Crippen LogP) is 1.88. The van der Waals surface area contributed by atoms with Crippen molar-refractivity contribution >= 4 is 0 Å². The molecule has 0 radical (unpaired) electrons. The van der Waals surface area contributed by atoms with Crippen LogP contribution in [0.25, 0.3) is 0 Å². The second-order valence-corrected chi connectivity index (χ2v) is 6.43. The molecule has 1 unspecified atom stereocenters. The third-order valence-corrected chi connectivity index (χ3v) is 3.90. The van der Waals surface area contributed by atoms with Gasteiger partial charge >= 0.3 is 0 Å². The minimum Gasteiger partial charge on any atom is -0.378 e. The molecule has 0 amide bonds. The maximum Gasteiger partial charge on any atom is 0.0622 e. The Morgan fingerprint density at radius 2 is 2.12 bits per heavy atom. The fourth-order valence-corrected chi connectivity index (χ4v) is 2.59. The Morgan fingerprint density at radius 1 is 1.35 bits per heavy atom. The van der Waals surface area contributed by atoms with Crippen molar-refractivity contribution in [3.8, 4) is 0 Å². The summed E-state index contributed by atoms with van der Waals surface area (Å²) in [5.41, 5.74) is 0.368. The summed E-state index contributed by atoms with van der Waals surface area (Å²) in [7, 11) is 0. The van der Waals surface area contributed by atoms with Crippen molar-refractivity contribution in [3.63, 3.8) is 0 Å². The third-order valence-electron chi connectivity index (χ3n) is 3.90. The lowest BCUT2D eigenvalue weighted by atomic mass is 9.91. The van der Waals surface area contributed by atoms with E-state index < -0.39 is 0 Å². The molecule has 2 aliphatic rings. The lowest BCUT2D eigenvalue weighted by molar-refractivity contribution is -0.0237. The standard InChI is InChI=1S/C14H28N2O/c1-4-13-9-17-8-7-16(13)11-14(2,3)10-15-12-5-6-12/h12-13,15H,4-11H2,1-3H3. The second kappa shape index (κ2) is 5.68. The Kier molecular flexibility index (Phi) is 4.45. The van der Waals surface area contributed by atoms with Crippen LogP contribution in [0.5, 0.6) is 0 Å². The van der Waals surface area contributed by atoms with Crippen LogP contribution in [0.3, 0.4) is 0 Å². The predicted molar refractivity (Wildman–Crippen MR) is 71.3 cm³/mol. The van der Waals surface area contributed by atoms with Crippen molar-refractivity contribution in [2.75, 3.05) is 32.8 Å². The summed E-state index contributed by atoms with van der Waals surface area (Å²) in [6, 6.07) is 1.45. The highest BCUT2D eigenvalue weighted by Crippen LogP contribution is 2.24. The number of hydrogen-bond donors (Lipinski definition) is 1. The van der Waals surface area contributed by atoms with Crippen LogP contribution in [0.15, 0.2) is 0 Å². The van der Waals surface area contributed by atoms with Gasteiger partial charge in [0.15, 0.2) is 0 Å². The van der Waals surface area contributed by atoms with E-state index in [2.05, 4.69) is 31.0 Å². The second-order valence-electron chi connectivity index (χ2n) is 6.43. The van der Waals surface area contributed by atoms with E-state index in [9.17, 15) is 0 Å². The zero-order chi connectivity index (χ0) is 12.3. The molecule has 1 N–H and O–H groups in total. The van der Waals surface area contributed by atoms with Crippen LogP contribution >= 0.6 is 0 Å². The fraction of sp³-hybridized carbons (Fsp3) is 1.00. The lowest BCUT2D eigenvalue weighted by Crippen LogP contribution is -2.50. The maximum absolute atomic E-state index is 5.57. The van der Waals surface area contributed by atoms with Gasteiger partial charge in [-0.25, -0.2) is 0 Å². The van der Waals surface area contributed by atoms with Gasteiger partial charge in [-0.05, 0) is 24.7 Å². The Morgan fingerprint density at radius 3 is 2.76 bits per heavy atom. The highest BCUT2D eigenvalue weighted by molar-refractivity contribution is 4.86. The largest absolute Gasteiger partial charge is 0.378 e. The maximum atomic E-state index is 5.57. The minimum absolute atomic E-state index is 0.368. The van der Waals surface area contributed by atoms with Gasteiger partial charge in [-0.1, -0.05) is 20.8 Å². The van der Waals surface area contributed by atoms with E-state index in [1.165, 1.54) is 25.8 Å². The molecule has 1 aliphatic heterocycles. The Bertz CT molecular complexity index is 238. The van der Waals surface area contributed by atoms with E-state index in [1.807, 2.05) is 0 Å². The van der Waals surface area contributed by atoms with Crippen LogP contribution in [0.1, 0.15) is 40.0 Å². The van der Waals surface area contributed by atoms with Gasteiger partial charge in [0.05, 0.1) is 13.2 Å². The van der Waals surface area contributed by atoms with E-state index in [4.69, 9.17) is 4.74 Å². The number of morpholine rings is 1. The molecule has 17 heavy (non-hydrogen) atoms. The monoisotopic (exact) mass is 240 g/mol. The zero-order valence-electron chi connectivity index (χ0n) is 11.7. The molecule has 1 atom stereocenters. The molecule has 0 bridgehead atoms. The molecule has 3 heteroatoms. The summed E-state index contributed by atoms with van der Waals surface area (Å²) in [5, 5.41) is 3.66. The third kappa shape index (κ3) is 4.23. The van der Waals surface area contributed by atoms with E-state index >= 15 is 0 Å². The smallest absolute Gasteiger partial charge is 0.0622 e. The average Bonchev–Trinajstić information content (AvgIpc) is 3.11. The highest BCUT2D eigenvalue weighted by atomic mass is 16.5. The number of hydrogen-bond acceptors (Lipinski definition) is 3. The molecule has 1 heterocycles. The van der Waals surface area contributed by atoms with Crippen molar-refractivity contribution in [2.45, 2.75) is 52.1 Å². The lowest BCUT2D eigenvalue weighted by Gasteiger charge is -2.40. The molecule has 0 aromatic carbocycles. The van der Waals surface area contributed by atoms with Gasteiger partial charge in [0, 0.05) is 31.7 Å². The molecule has 1 aliphatic carbocycles. The van der Waals surface area contributed by atoms with Crippen molar-refractivity contribution < 1.29 is 4.74 Å². The molecule has 3 nitrogen and oxygen atoms in total. The van der Waals surface area contributed by atoms with Crippen molar-refractivity contribution in [1.82, 2.24) is 10.2 Å². The van der Waals surface area contributed by atoms with Crippen molar-refractivity contribution in [2.24, 2.45) is 5.41 Å². The first-order valence-corrected chi connectivity index (χ1v) is 7.16. The molecule has 1 saturated heterocycles. The number of nitrogens with zero attached hydrogens (tertiary/aromatic N) is 1. The van der Waals surface area contributed by atoms with E-state index in [0.29, 0.717) is 11.5 Å². The molecule has 2 rings (SSSR count). The van der Waals surface area contributed by atoms with E-state index in [-0.39, 0.29) is 0 Å². The number of rotatable bonds is 6. The molecular weight excluding hydrogens is 212 g/mol. The summed E-state index contributed by atoms with van der Waals surface area (Å²) < 4.78 is 5.57. The first kappa shape index (κ1) is 13.3.